The monoisotopic (exact) mass is 433 g/mol. The molecule has 10 nitrogen and oxygen atoms in total. The Kier molecular flexibility index (Phi) is 6.03. The number of aryl methyl sites for hydroxylation is 1. The fourth-order valence-electron chi connectivity index (χ4n) is 2.69. The Labute approximate surface area is 181 Å². The van der Waals surface area contributed by atoms with Crippen LogP contribution in [-0.2, 0) is 5.75 Å². The fraction of sp³-hybridized carbons (Fsp3) is 0.100. The van der Waals surface area contributed by atoms with Gasteiger partial charge in [0.15, 0.2) is 0 Å². The second-order valence-electron chi connectivity index (χ2n) is 6.55. The number of aliphatic imine (C=N–C) groups is 1. The molecule has 0 saturated carbocycles. The molecule has 0 radical (unpaired) electrons. The van der Waals surface area contributed by atoms with Crippen molar-refractivity contribution in [3.63, 3.8) is 0 Å². The van der Waals surface area contributed by atoms with Crippen molar-refractivity contribution in [3.8, 4) is 5.69 Å². The Bertz CT molecular complexity index is 1250. The summed E-state index contributed by atoms with van der Waals surface area (Å²) in [5.41, 5.74) is 8.92. The molecular weight excluding hydrogens is 414 g/mol. The van der Waals surface area contributed by atoms with Crippen molar-refractivity contribution in [1.29, 1.82) is 0 Å². The van der Waals surface area contributed by atoms with Crippen LogP contribution in [0.15, 0.2) is 75.6 Å². The van der Waals surface area contributed by atoms with Gasteiger partial charge in [0.25, 0.3) is 5.56 Å². The number of rotatable bonds is 6. The molecular formula is C20H19N9OS. The molecule has 2 aromatic carbocycles. The second kappa shape index (κ2) is 9.22. The van der Waals surface area contributed by atoms with Gasteiger partial charge in [-0.1, -0.05) is 47.7 Å². The summed E-state index contributed by atoms with van der Waals surface area (Å²) in [4.78, 5) is 23.2. The number of hydrogen-bond donors (Lipinski definition) is 3. The number of tetrazole rings is 1. The highest BCUT2D eigenvalue weighted by Crippen LogP contribution is 2.21. The van der Waals surface area contributed by atoms with E-state index in [1.807, 2.05) is 61.5 Å². The molecule has 4 aromatic rings. The molecule has 0 unspecified atom stereocenters. The predicted molar refractivity (Wildman–Crippen MR) is 120 cm³/mol. The Morgan fingerprint density at radius 1 is 1.19 bits per heavy atom. The molecule has 156 valence electrons. The molecule has 2 aromatic heterocycles. The number of para-hydroxylation sites is 1. The SMILES string of the molecule is Cc1ccc(N/C(N)=N/c2nc(CSc3nnnn3-c3ccccc3)cc(=O)[nH]2)cc1. The van der Waals surface area contributed by atoms with Gasteiger partial charge in [-0.25, -0.2) is 4.98 Å². The highest BCUT2D eigenvalue weighted by atomic mass is 32.2. The second-order valence-corrected chi connectivity index (χ2v) is 7.49. The molecule has 4 rings (SSSR count). The van der Waals surface area contributed by atoms with E-state index < -0.39 is 0 Å². The average Bonchev–Trinajstić information content (AvgIpc) is 3.23. The zero-order valence-corrected chi connectivity index (χ0v) is 17.4. The zero-order valence-electron chi connectivity index (χ0n) is 16.6. The number of nitrogens with one attached hydrogen (secondary N) is 2. The van der Waals surface area contributed by atoms with Crippen LogP contribution in [0.1, 0.15) is 11.3 Å². The van der Waals surface area contributed by atoms with Crippen LogP contribution in [-0.4, -0.2) is 36.1 Å². The molecule has 4 N–H and O–H groups in total. The molecule has 0 aliphatic rings. The predicted octanol–water partition coefficient (Wildman–Crippen LogP) is 2.40. The minimum Gasteiger partial charge on any atom is -0.369 e. The highest BCUT2D eigenvalue weighted by molar-refractivity contribution is 7.98. The van der Waals surface area contributed by atoms with E-state index in [0.717, 1.165) is 16.9 Å². The lowest BCUT2D eigenvalue weighted by Gasteiger charge is -2.06. The summed E-state index contributed by atoms with van der Waals surface area (Å²) < 4.78 is 1.63. The molecule has 0 fully saturated rings. The van der Waals surface area contributed by atoms with Gasteiger partial charge in [-0.2, -0.15) is 9.67 Å². The average molecular weight is 434 g/mol. The summed E-state index contributed by atoms with van der Waals surface area (Å²) >= 11 is 1.36. The van der Waals surface area contributed by atoms with E-state index in [4.69, 9.17) is 5.73 Å². The van der Waals surface area contributed by atoms with Gasteiger partial charge in [0, 0.05) is 17.5 Å². The Balaban J connectivity index is 1.48. The molecule has 0 aliphatic heterocycles. The Hall–Kier alpha value is -3.99. The summed E-state index contributed by atoms with van der Waals surface area (Å²) in [6, 6.07) is 18.6. The maximum absolute atomic E-state index is 12.1. The number of H-pyrrole nitrogens is 1. The minimum absolute atomic E-state index is 0.114. The van der Waals surface area contributed by atoms with Crippen molar-refractivity contribution >= 4 is 29.4 Å². The topological polar surface area (TPSA) is 140 Å². The van der Waals surface area contributed by atoms with Crippen LogP contribution in [0.3, 0.4) is 0 Å². The first-order chi connectivity index (χ1) is 15.1. The third-order valence-electron chi connectivity index (χ3n) is 4.12. The number of nitrogens with two attached hydrogens (primary N) is 1. The van der Waals surface area contributed by atoms with Crippen molar-refractivity contribution in [2.45, 2.75) is 17.8 Å². The largest absolute Gasteiger partial charge is 0.369 e. The van der Waals surface area contributed by atoms with Gasteiger partial charge in [-0.15, -0.1) is 5.10 Å². The molecule has 0 aliphatic carbocycles. The number of guanidine groups is 1. The van der Waals surface area contributed by atoms with Crippen molar-refractivity contribution < 1.29 is 0 Å². The quantitative estimate of drug-likeness (QED) is 0.239. The number of benzene rings is 2. The maximum Gasteiger partial charge on any atom is 0.252 e. The van der Waals surface area contributed by atoms with E-state index in [2.05, 4.69) is 35.8 Å². The highest BCUT2D eigenvalue weighted by Gasteiger charge is 2.10. The molecule has 0 amide bonds. The first-order valence-corrected chi connectivity index (χ1v) is 10.3. The third kappa shape index (κ3) is 5.34. The lowest BCUT2D eigenvalue weighted by Crippen LogP contribution is -2.22. The van der Waals surface area contributed by atoms with Crippen molar-refractivity contribution in [3.05, 3.63) is 82.3 Å². The Morgan fingerprint density at radius 2 is 1.97 bits per heavy atom. The van der Waals surface area contributed by atoms with E-state index in [1.165, 1.54) is 17.8 Å². The summed E-state index contributed by atoms with van der Waals surface area (Å²) in [5, 5.41) is 15.4. The maximum atomic E-state index is 12.1. The smallest absolute Gasteiger partial charge is 0.252 e. The Morgan fingerprint density at radius 3 is 2.74 bits per heavy atom. The van der Waals surface area contributed by atoms with Crippen LogP contribution in [0.5, 0.6) is 0 Å². The van der Waals surface area contributed by atoms with Gasteiger partial charge in [0.05, 0.1) is 11.4 Å². The van der Waals surface area contributed by atoms with Gasteiger partial charge in [0.2, 0.25) is 17.1 Å². The van der Waals surface area contributed by atoms with Crippen molar-refractivity contribution in [1.82, 2.24) is 30.2 Å². The number of thioether (sulfide) groups is 1. The number of hydrogen-bond acceptors (Lipinski definition) is 7. The number of anilines is 1. The van der Waals surface area contributed by atoms with Gasteiger partial charge in [-0.05, 0) is 41.6 Å². The van der Waals surface area contributed by atoms with Gasteiger partial charge in [0.1, 0.15) is 0 Å². The summed E-state index contributed by atoms with van der Waals surface area (Å²) in [6.45, 7) is 2.00. The summed E-state index contributed by atoms with van der Waals surface area (Å²) in [6.07, 6.45) is 0. The van der Waals surface area contributed by atoms with E-state index >= 15 is 0 Å². The molecule has 11 heteroatoms. The van der Waals surface area contributed by atoms with Crippen LogP contribution in [0, 0.1) is 6.92 Å². The standard InChI is InChI=1S/C20H19N9OS/c1-13-7-9-14(10-8-13)22-18(21)25-19-23-15(11-17(30)24-19)12-31-20-26-27-28-29(20)16-5-3-2-4-6-16/h2-11H,12H2,1H3,(H4,21,22,23,24,25,30). The van der Waals surface area contributed by atoms with Crippen LogP contribution in [0.4, 0.5) is 11.6 Å². The molecule has 31 heavy (non-hydrogen) atoms. The minimum atomic E-state index is -0.324. The van der Waals surface area contributed by atoms with E-state index in [0.29, 0.717) is 16.6 Å². The van der Waals surface area contributed by atoms with E-state index in [9.17, 15) is 4.79 Å². The molecule has 0 spiro atoms. The molecule has 0 atom stereocenters. The molecule has 0 saturated heterocycles. The number of nitrogens with zero attached hydrogens (tertiary/aromatic N) is 6. The first-order valence-electron chi connectivity index (χ1n) is 9.31. The van der Waals surface area contributed by atoms with E-state index in [1.54, 1.807) is 4.68 Å². The zero-order chi connectivity index (χ0) is 21.6. The van der Waals surface area contributed by atoms with Crippen molar-refractivity contribution in [2.24, 2.45) is 10.7 Å². The lowest BCUT2D eigenvalue weighted by molar-refractivity contribution is 0.756. The van der Waals surface area contributed by atoms with Gasteiger partial charge < -0.3 is 11.1 Å². The van der Waals surface area contributed by atoms with Gasteiger partial charge in [-0.3, -0.25) is 9.78 Å². The lowest BCUT2D eigenvalue weighted by atomic mass is 10.2. The van der Waals surface area contributed by atoms with Gasteiger partial charge >= 0.3 is 0 Å². The van der Waals surface area contributed by atoms with Crippen molar-refractivity contribution in [2.75, 3.05) is 5.32 Å². The molecule has 0 bridgehead atoms. The van der Waals surface area contributed by atoms with Crippen LogP contribution in [0.2, 0.25) is 0 Å². The summed E-state index contributed by atoms with van der Waals surface area (Å²) in [5.74, 6) is 0.609. The van der Waals surface area contributed by atoms with Crippen LogP contribution >= 0.6 is 11.8 Å². The van der Waals surface area contributed by atoms with Crippen LogP contribution in [0.25, 0.3) is 5.69 Å². The molecule has 2 heterocycles. The normalized spacial score (nSPS) is 11.5. The number of aromatic amines is 1. The van der Waals surface area contributed by atoms with Crippen LogP contribution < -0.4 is 16.6 Å². The fourth-order valence-corrected chi connectivity index (χ4v) is 3.47. The third-order valence-corrected chi connectivity index (χ3v) is 5.08. The number of aromatic nitrogens is 6. The van der Waals surface area contributed by atoms with E-state index in [-0.39, 0.29) is 17.5 Å². The summed E-state index contributed by atoms with van der Waals surface area (Å²) in [7, 11) is 0. The first kappa shape index (κ1) is 20.3.